The van der Waals surface area contributed by atoms with Gasteiger partial charge in [-0.3, -0.25) is 29.4 Å². The molecule has 3 aliphatic rings. The van der Waals surface area contributed by atoms with Crippen LogP contribution in [0.25, 0.3) is 0 Å². The quantitative estimate of drug-likeness (QED) is 0.532. The summed E-state index contributed by atoms with van der Waals surface area (Å²) in [6.07, 6.45) is 0.397. The highest BCUT2D eigenvalue weighted by atomic mass is 19.3. The number of carbonyl (C=O) groups excluding carboxylic acids is 4. The van der Waals surface area contributed by atoms with E-state index in [4.69, 9.17) is 4.74 Å². The molecule has 38 heavy (non-hydrogen) atoms. The van der Waals surface area contributed by atoms with Crippen LogP contribution in [0.15, 0.2) is 42.5 Å². The van der Waals surface area contributed by atoms with Crippen molar-refractivity contribution in [1.29, 1.82) is 0 Å². The fraction of sp³-hybridized carbons (Fsp3) is 0.407. The van der Waals surface area contributed by atoms with Crippen LogP contribution in [0, 0.1) is 0 Å². The first kappa shape index (κ1) is 25.9. The van der Waals surface area contributed by atoms with E-state index >= 15 is 8.78 Å². The molecular formula is C27H28F2N4O5. The number of carbonyl (C=O) groups is 4. The SMILES string of the molecule is O=C1CCC(N2Cc3cc(CNC(=O)C(F)(F)c4cccc(CN5CCOCC5)c4)ccc3C2=O)C(=O)N1. The van der Waals surface area contributed by atoms with Crippen molar-refractivity contribution in [3.63, 3.8) is 0 Å². The Bertz CT molecular complexity index is 1280. The van der Waals surface area contributed by atoms with Gasteiger partial charge in [-0.1, -0.05) is 30.3 Å². The molecule has 2 fully saturated rings. The van der Waals surface area contributed by atoms with Crippen LogP contribution in [-0.2, 0) is 44.7 Å². The fourth-order valence-corrected chi connectivity index (χ4v) is 5.04. The molecule has 5 rings (SSSR count). The number of fused-ring (bicyclic) bond motifs is 1. The molecular weight excluding hydrogens is 498 g/mol. The minimum absolute atomic E-state index is 0.151. The Morgan fingerprint density at radius 3 is 2.63 bits per heavy atom. The first-order valence-corrected chi connectivity index (χ1v) is 12.5. The highest BCUT2D eigenvalue weighted by molar-refractivity contribution is 6.05. The third-order valence-corrected chi connectivity index (χ3v) is 7.13. The van der Waals surface area contributed by atoms with Crippen LogP contribution >= 0.6 is 0 Å². The molecule has 0 aliphatic carbocycles. The van der Waals surface area contributed by atoms with E-state index < -0.39 is 23.8 Å². The number of halogens is 2. The molecule has 1 atom stereocenters. The van der Waals surface area contributed by atoms with E-state index in [1.165, 1.54) is 23.1 Å². The van der Waals surface area contributed by atoms with Crippen LogP contribution in [-0.4, -0.2) is 65.8 Å². The summed E-state index contributed by atoms with van der Waals surface area (Å²) in [4.78, 5) is 52.5. The third-order valence-electron chi connectivity index (χ3n) is 7.13. The van der Waals surface area contributed by atoms with Crippen molar-refractivity contribution in [3.05, 3.63) is 70.3 Å². The van der Waals surface area contributed by atoms with Gasteiger partial charge in [0.1, 0.15) is 6.04 Å². The number of nitrogens with one attached hydrogen (secondary N) is 2. The molecule has 1 unspecified atom stereocenters. The number of amides is 4. The van der Waals surface area contributed by atoms with Crippen molar-refractivity contribution in [2.24, 2.45) is 0 Å². The summed E-state index contributed by atoms with van der Waals surface area (Å²) in [5.74, 6) is -6.34. The molecule has 9 nitrogen and oxygen atoms in total. The number of ether oxygens (including phenoxy) is 1. The summed E-state index contributed by atoms with van der Waals surface area (Å²) in [6.45, 7) is 3.15. The highest BCUT2D eigenvalue weighted by Crippen LogP contribution is 2.30. The third kappa shape index (κ3) is 5.30. The van der Waals surface area contributed by atoms with Crippen LogP contribution in [0.1, 0.15) is 45.5 Å². The molecule has 2 saturated heterocycles. The summed E-state index contributed by atoms with van der Waals surface area (Å²) < 4.78 is 35.4. The Kier molecular flexibility index (Phi) is 7.22. The summed E-state index contributed by atoms with van der Waals surface area (Å²) >= 11 is 0. The second-order valence-corrected chi connectivity index (χ2v) is 9.74. The van der Waals surface area contributed by atoms with E-state index in [-0.39, 0.29) is 43.3 Å². The largest absolute Gasteiger partial charge is 0.379 e. The predicted molar refractivity (Wildman–Crippen MR) is 131 cm³/mol. The van der Waals surface area contributed by atoms with Gasteiger partial charge in [0.2, 0.25) is 11.8 Å². The van der Waals surface area contributed by atoms with Crippen molar-refractivity contribution >= 4 is 23.6 Å². The topological polar surface area (TPSA) is 108 Å². The molecule has 2 aromatic carbocycles. The van der Waals surface area contributed by atoms with E-state index in [9.17, 15) is 19.2 Å². The molecule has 2 aromatic rings. The van der Waals surface area contributed by atoms with Crippen LogP contribution in [0.3, 0.4) is 0 Å². The number of rotatable bonds is 7. The number of benzene rings is 2. The van der Waals surface area contributed by atoms with E-state index in [0.717, 1.165) is 13.1 Å². The summed E-state index contributed by atoms with van der Waals surface area (Å²) in [6, 6.07) is 9.97. The molecule has 2 N–H and O–H groups in total. The first-order valence-electron chi connectivity index (χ1n) is 12.5. The van der Waals surface area contributed by atoms with E-state index in [1.54, 1.807) is 24.3 Å². The van der Waals surface area contributed by atoms with Gasteiger partial charge in [-0.15, -0.1) is 0 Å². The van der Waals surface area contributed by atoms with Gasteiger partial charge >= 0.3 is 5.92 Å². The zero-order valence-corrected chi connectivity index (χ0v) is 20.7. The zero-order valence-electron chi connectivity index (χ0n) is 20.7. The van der Waals surface area contributed by atoms with E-state index in [0.29, 0.717) is 42.0 Å². The molecule has 0 spiro atoms. The van der Waals surface area contributed by atoms with E-state index in [1.807, 2.05) is 0 Å². The Labute approximate surface area is 218 Å². The molecule has 0 bridgehead atoms. The summed E-state index contributed by atoms with van der Waals surface area (Å²) in [7, 11) is 0. The minimum atomic E-state index is -3.73. The van der Waals surface area contributed by atoms with Crippen molar-refractivity contribution in [2.45, 2.75) is 44.4 Å². The Morgan fingerprint density at radius 2 is 1.87 bits per heavy atom. The van der Waals surface area contributed by atoms with Gasteiger partial charge in [-0.05, 0) is 35.2 Å². The lowest BCUT2D eigenvalue weighted by atomic mass is 10.0. The molecule has 200 valence electrons. The van der Waals surface area contributed by atoms with Crippen molar-refractivity contribution in [3.8, 4) is 0 Å². The van der Waals surface area contributed by atoms with Crippen LogP contribution in [0.2, 0.25) is 0 Å². The average Bonchev–Trinajstić information content (AvgIpc) is 3.23. The first-order chi connectivity index (χ1) is 18.2. The Hall–Kier alpha value is -3.70. The number of hydrogen-bond donors (Lipinski definition) is 2. The highest BCUT2D eigenvalue weighted by Gasteiger charge is 2.41. The second kappa shape index (κ2) is 10.6. The summed E-state index contributed by atoms with van der Waals surface area (Å²) in [5, 5.41) is 4.56. The molecule has 4 amide bonds. The summed E-state index contributed by atoms with van der Waals surface area (Å²) in [5.41, 5.74) is 1.91. The maximum Gasteiger partial charge on any atom is 0.349 e. The smallest absolute Gasteiger partial charge is 0.349 e. The molecule has 3 aliphatic heterocycles. The minimum Gasteiger partial charge on any atom is -0.379 e. The van der Waals surface area contributed by atoms with Crippen LogP contribution < -0.4 is 10.6 Å². The molecule has 0 radical (unpaired) electrons. The monoisotopic (exact) mass is 526 g/mol. The van der Waals surface area contributed by atoms with Gasteiger partial charge in [-0.2, -0.15) is 8.78 Å². The maximum absolute atomic E-state index is 15.0. The molecule has 0 aromatic heterocycles. The average molecular weight is 527 g/mol. The lowest BCUT2D eigenvalue weighted by Gasteiger charge is -2.29. The van der Waals surface area contributed by atoms with Gasteiger partial charge < -0.3 is 15.0 Å². The van der Waals surface area contributed by atoms with Gasteiger partial charge in [0.05, 0.1) is 13.2 Å². The second-order valence-electron chi connectivity index (χ2n) is 9.74. The zero-order chi connectivity index (χ0) is 26.9. The lowest BCUT2D eigenvalue weighted by Crippen LogP contribution is -2.52. The van der Waals surface area contributed by atoms with Gasteiger partial charge in [0.25, 0.3) is 11.8 Å². The molecule has 11 heteroatoms. The van der Waals surface area contributed by atoms with Crippen LogP contribution in [0.5, 0.6) is 0 Å². The van der Waals surface area contributed by atoms with Gasteiger partial charge in [-0.25, -0.2) is 0 Å². The number of piperidine rings is 1. The Balaban J connectivity index is 1.22. The van der Waals surface area contributed by atoms with E-state index in [2.05, 4.69) is 15.5 Å². The lowest BCUT2D eigenvalue weighted by molar-refractivity contribution is -0.147. The standard InChI is InChI=1S/C27H28F2N4O5/c28-27(29,20-3-1-2-18(13-20)15-32-8-10-38-11-9-32)26(37)30-14-17-4-5-21-19(12-17)16-33(25(21)36)22-6-7-23(34)31-24(22)35/h1-5,12-13,22H,6-11,14-16H2,(H,30,37)(H,31,34,35). The number of imide groups is 1. The van der Waals surface area contributed by atoms with Crippen molar-refractivity contribution in [2.75, 3.05) is 26.3 Å². The normalized spacial score (nSPS) is 20.3. The number of alkyl halides is 2. The number of morpholine rings is 1. The fourth-order valence-electron chi connectivity index (χ4n) is 5.04. The molecule has 3 heterocycles. The maximum atomic E-state index is 15.0. The van der Waals surface area contributed by atoms with Gasteiger partial charge in [0.15, 0.2) is 0 Å². The van der Waals surface area contributed by atoms with Gasteiger partial charge in [0, 0.05) is 50.3 Å². The number of nitrogens with zero attached hydrogens (tertiary/aromatic N) is 2. The predicted octanol–water partition coefficient (Wildman–Crippen LogP) is 1.69. The van der Waals surface area contributed by atoms with Crippen LogP contribution in [0.4, 0.5) is 8.78 Å². The van der Waals surface area contributed by atoms with Crippen molar-refractivity contribution < 1.29 is 32.7 Å². The Morgan fingerprint density at radius 1 is 1.08 bits per heavy atom. The molecule has 0 saturated carbocycles. The van der Waals surface area contributed by atoms with Crippen molar-refractivity contribution in [1.82, 2.24) is 20.4 Å². The number of hydrogen-bond acceptors (Lipinski definition) is 6.